The molecule has 0 radical (unpaired) electrons. The highest BCUT2D eigenvalue weighted by molar-refractivity contribution is 5.89. The number of rotatable bonds is 8. The van der Waals surface area contributed by atoms with E-state index >= 15 is 0 Å². The van der Waals surface area contributed by atoms with Gasteiger partial charge in [0.1, 0.15) is 11.6 Å². The van der Waals surface area contributed by atoms with Gasteiger partial charge in [0.05, 0.1) is 17.3 Å². The maximum absolute atomic E-state index is 13.5. The van der Waals surface area contributed by atoms with Gasteiger partial charge in [0.15, 0.2) is 0 Å². The summed E-state index contributed by atoms with van der Waals surface area (Å²) < 4.78 is 13.5. The molecule has 1 aromatic carbocycles. The van der Waals surface area contributed by atoms with Crippen LogP contribution in [-0.4, -0.2) is 41.0 Å². The SMILES string of the molecule is CCCNc1nc(Nc2cccc(F)c2)ncc1C#CC1CC2(C1)CC2NC(=O)C1(NC)CC1. The normalized spacial score (nSPS) is 25.5. The molecule has 8 heteroatoms. The lowest BCUT2D eigenvalue weighted by Gasteiger charge is -2.33. The van der Waals surface area contributed by atoms with Crippen LogP contribution in [0, 0.1) is 29.0 Å². The van der Waals surface area contributed by atoms with Gasteiger partial charge in [-0.05, 0) is 69.2 Å². The highest BCUT2D eigenvalue weighted by Gasteiger charge is 2.63. The highest BCUT2D eigenvalue weighted by atomic mass is 19.1. The van der Waals surface area contributed by atoms with Gasteiger partial charge in [0.2, 0.25) is 11.9 Å². The van der Waals surface area contributed by atoms with Gasteiger partial charge in [0, 0.05) is 24.2 Å². The molecule has 3 aliphatic carbocycles. The molecule has 1 amide bonds. The molecule has 2 aromatic rings. The number of hydrogen-bond donors (Lipinski definition) is 4. The van der Waals surface area contributed by atoms with Gasteiger partial charge in [-0.25, -0.2) is 9.37 Å². The van der Waals surface area contributed by atoms with Gasteiger partial charge < -0.3 is 21.3 Å². The molecule has 1 unspecified atom stereocenters. The lowest BCUT2D eigenvalue weighted by molar-refractivity contribution is -0.124. The van der Waals surface area contributed by atoms with Gasteiger partial charge in [-0.2, -0.15) is 4.98 Å². The van der Waals surface area contributed by atoms with Gasteiger partial charge in [-0.3, -0.25) is 4.79 Å². The summed E-state index contributed by atoms with van der Waals surface area (Å²) in [6, 6.07) is 6.50. The molecule has 7 nitrogen and oxygen atoms in total. The second kappa shape index (κ2) is 8.88. The summed E-state index contributed by atoms with van der Waals surface area (Å²) in [7, 11) is 1.86. The van der Waals surface area contributed by atoms with E-state index < -0.39 is 0 Å². The third-order valence-electron chi connectivity index (χ3n) is 7.29. The molecule has 3 saturated carbocycles. The van der Waals surface area contributed by atoms with Crippen LogP contribution in [0.1, 0.15) is 51.0 Å². The zero-order chi connectivity index (χ0) is 23.8. The first-order valence-electron chi connectivity index (χ1n) is 12.1. The molecule has 3 aliphatic rings. The summed E-state index contributed by atoms with van der Waals surface area (Å²) in [4.78, 5) is 21.4. The van der Waals surface area contributed by atoms with E-state index in [1.165, 1.54) is 12.1 Å². The van der Waals surface area contributed by atoms with Crippen LogP contribution < -0.4 is 21.3 Å². The molecule has 1 atom stereocenters. The number of amides is 1. The second-order valence-electron chi connectivity index (χ2n) is 9.82. The summed E-state index contributed by atoms with van der Waals surface area (Å²) in [5, 5.41) is 12.8. The Morgan fingerprint density at radius 3 is 2.79 bits per heavy atom. The Labute approximate surface area is 199 Å². The second-order valence-corrected chi connectivity index (χ2v) is 9.82. The minimum Gasteiger partial charge on any atom is -0.369 e. The molecule has 3 fully saturated rings. The van der Waals surface area contributed by atoms with E-state index in [2.05, 4.69) is 50.0 Å². The van der Waals surface area contributed by atoms with Crippen molar-refractivity contribution in [1.29, 1.82) is 0 Å². The molecule has 4 N–H and O–H groups in total. The fourth-order valence-electron chi connectivity index (χ4n) is 4.83. The molecular formula is C26H31FN6O. The van der Waals surface area contributed by atoms with Crippen LogP contribution in [0.15, 0.2) is 30.5 Å². The Morgan fingerprint density at radius 2 is 2.09 bits per heavy atom. The fourth-order valence-corrected chi connectivity index (χ4v) is 4.83. The fraction of sp³-hybridized carbons (Fsp3) is 0.500. The van der Waals surface area contributed by atoms with Crippen LogP contribution in [0.25, 0.3) is 0 Å². The molecule has 1 heterocycles. The zero-order valence-electron chi connectivity index (χ0n) is 19.7. The summed E-state index contributed by atoms with van der Waals surface area (Å²) in [5.41, 5.74) is 1.28. The quantitative estimate of drug-likeness (QED) is 0.449. The van der Waals surface area contributed by atoms with Crippen LogP contribution in [0.3, 0.4) is 0 Å². The molecule has 34 heavy (non-hydrogen) atoms. The molecule has 5 rings (SSSR count). The molecule has 0 aliphatic heterocycles. The maximum atomic E-state index is 13.5. The van der Waals surface area contributed by atoms with Crippen molar-refractivity contribution in [3.63, 3.8) is 0 Å². The summed E-state index contributed by atoms with van der Waals surface area (Å²) in [6.45, 7) is 2.86. The number of halogens is 1. The standard InChI is InChI=1S/C26H31FN6O/c1-3-11-29-22-18(16-30-24(33-22)31-20-6-4-5-19(27)12-20)8-7-17-13-25(14-17)15-21(25)32-23(34)26(28-2)9-10-26/h4-6,12,16-17,21,28H,3,9-11,13-15H2,1-2H3,(H,32,34)(H2,29,30,31,33). The number of likely N-dealkylation sites (N-methyl/N-ethyl adjacent to an activating group) is 1. The topological polar surface area (TPSA) is 91.0 Å². The van der Waals surface area contributed by atoms with Crippen molar-refractivity contribution >= 4 is 23.4 Å². The lowest BCUT2D eigenvalue weighted by atomic mass is 9.71. The first-order chi connectivity index (χ1) is 16.4. The first-order valence-corrected chi connectivity index (χ1v) is 12.1. The monoisotopic (exact) mass is 462 g/mol. The predicted molar refractivity (Wildman–Crippen MR) is 130 cm³/mol. The molecular weight excluding hydrogens is 431 g/mol. The highest BCUT2D eigenvalue weighted by Crippen LogP contribution is 2.63. The Kier molecular flexibility index (Phi) is 5.90. The average Bonchev–Trinajstić information content (AvgIpc) is 3.71. The summed E-state index contributed by atoms with van der Waals surface area (Å²) >= 11 is 0. The predicted octanol–water partition coefficient (Wildman–Crippen LogP) is 3.57. The van der Waals surface area contributed by atoms with Crippen molar-refractivity contribution in [3.05, 3.63) is 41.8 Å². The van der Waals surface area contributed by atoms with Gasteiger partial charge in [0.25, 0.3) is 0 Å². The Bertz CT molecular complexity index is 1150. The van der Waals surface area contributed by atoms with E-state index in [-0.39, 0.29) is 22.7 Å². The van der Waals surface area contributed by atoms with E-state index in [4.69, 9.17) is 0 Å². The van der Waals surface area contributed by atoms with E-state index in [0.29, 0.717) is 29.4 Å². The molecule has 0 bridgehead atoms. The van der Waals surface area contributed by atoms with Gasteiger partial charge in [-0.15, -0.1) is 0 Å². The Balaban J connectivity index is 1.20. The minimum atomic E-state index is -0.318. The number of benzene rings is 1. The van der Waals surface area contributed by atoms with Crippen molar-refractivity contribution in [2.24, 2.45) is 11.3 Å². The van der Waals surface area contributed by atoms with Crippen LogP contribution in [0.5, 0.6) is 0 Å². The Hall–Kier alpha value is -3.18. The number of nitrogens with one attached hydrogen (secondary N) is 4. The van der Waals surface area contributed by atoms with Crippen molar-refractivity contribution in [3.8, 4) is 11.8 Å². The minimum absolute atomic E-state index is 0.155. The van der Waals surface area contributed by atoms with Crippen molar-refractivity contribution in [1.82, 2.24) is 20.6 Å². The smallest absolute Gasteiger partial charge is 0.240 e. The number of carbonyl (C=O) groups excluding carboxylic acids is 1. The van der Waals surface area contributed by atoms with E-state index in [0.717, 1.165) is 50.6 Å². The zero-order valence-corrected chi connectivity index (χ0v) is 19.7. The number of anilines is 3. The van der Waals surface area contributed by atoms with E-state index in [9.17, 15) is 9.18 Å². The first kappa shape index (κ1) is 22.6. The third kappa shape index (κ3) is 4.58. The van der Waals surface area contributed by atoms with Crippen LogP contribution in [0.4, 0.5) is 21.8 Å². The average molecular weight is 463 g/mol. The third-order valence-corrected chi connectivity index (χ3v) is 7.29. The lowest BCUT2D eigenvalue weighted by Crippen LogP contribution is -2.47. The van der Waals surface area contributed by atoms with Crippen LogP contribution >= 0.6 is 0 Å². The van der Waals surface area contributed by atoms with E-state index in [1.54, 1.807) is 18.3 Å². The molecule has 0 saturated heterocycles. The van der Waals surface area contributed by atoms with Crippen LogP contribution in [0.2, 0.25) is 0 Å². The van der Waals surface area contributed by atoms with Crippen molar-refractivity contribution in [2.45, 2.75) is 57.0 Å². The summed E-state index contributed by atoms with van der Waals surface area (Å²) in [6.07, 6.45) is 7.62. The number of nitrogens with zero attached hydrogens (tertiary/aromatic N) is 2. The maximum Gasteiger partial charge on any atom is 0.240 e. The number of carbonyl (C=O) groups is 1. The van der Waals surface area contributed by atoms with Gasteiger partial charge >= 0.3 is 0 Å². The van der Waals surface area contributed by atoms with Crippen molar-refractivity contribution < 1.29 is 9.18 Å². The largest absolute Gasteiger partial charge is 0.369 e. The molecule has 178 valence electrons. The number of aromatic nitrogens is 2. The Morgan fingerprint density at radius 1 is 1.26 bits per heavy atom. The van der Waals surface area contributed by atoms with Crippen LogP contribution in [-0.2, 0) is 4.79 Å². The molecule has 1 spiro atoms. The van der Waals surface area contributed by atoms with Crippen molar-refractivity contribution in [2.75, 3.05) is 24.2 Å². The number of hydrogen-bond acceptors (Lipinski definition) is 6. The summed E-state index contributed by atoms with van der Waals surface area (Å²) in [5.74, 6) is 7.88. The molecule has 1 aromatic heterocycles. The van der Waals surface area contributed by atoms with E-state index in [1.807, 2.05) is 7.05 Å². The van der Waals surface area contributed by atoms with Gasteiger partial charge in [-0.1, -0.05) is 24.8 Å².